The first kappa shape index (κ1) is 26.6. The molecule has 0 saturated heterocycles. The Hall–Kier alpha value is -3.49. The third-order valence-electron chi connectivity index (χ3n) is 6.01. The summed E-state index contributed by atoms with van der Waals surface area (Å²) < 4.78 is 28.5. The Morgan fingerprint density at radius 2 is 1.73 bits per heavy atom. The molecule has 1 unspecified atom stereocenters. The number of halogens is 3. The summed E-state index contributed by atoms with van der Waals surface area (Å²) in [5.74, 6) is -1.04. The molecule has 0 aliphatic carbocycles. The molecule has 0 saturated carbocycles. The minimum atomic E-state index is -1.26. The monoisotopic (exact) mass is 565 g/mol. The Balaban J connectivity index is 1.52. The van der Waals surface area contributed by atoms with E-state index in [1.54, 1.807) is 36.4 Å². The number of aryl methyl sites for hydroxylation is 1. The van der Waals surface area contributed by atoms with Gasteiger partial charge in [0.05, 0.1) is 5.69 Å². The first-order valence-electron chi connectivity index (χ1n) is 12.0. The summed E-state index contributed by atoms with van der Waals surface area (Å²) in [4.78, 5) is 21.4. The fourth-order valence-corrected chi connectivity index (χ4v) is 4.56. The number of benzene rings is 3. The van der Waals surface area contributed by atoms with Crippen LogP contribution in [-0.2, 0) is 12.8 Å². The highest BCUT2D eigenvalue weighted by atomic mass is 79.9. The number of nitrogens with one attached hydrogen (secondary N) is 1. The van der Waals surface area contributed by atoms with E-state index in [0.29, 0.717) is 33.5 Å². The van der Waals surface area contributed by atoms with Crippen molar-refractivity contribution in [2.75, 3.05) is 11.9 Å². The van der Waals surface area contributed by atoms with Crippen LogP contribution in [0.2, 0.25) is 0 Å². The van der Waals surface area contributed by atoms with Crippen LogP contribution < -0.4 is 5.32 Å². The second-order valence-corrected chi connectivity index (χ2v) is 9.53. The number of nitrogens with zero attached hydrogens (tertiary/aromatic N) is 2. The zero-order valence-electron chi connectivity index (χ0n) is 20.2. The minimum absolute atomic E-state index is 0.00776. The molecule has 0 aliphatic rings. The second kappa shape index (κ2) is 12.2. The van der Waals surface area contributed by atoms with Crippen molar-refractivity contribution in [1.82, 2.24) is 9.97 Å². The van der Waals surface area contributed by atoms with Crippen LogP contribution in [0.5, 0.6) is 0 Å². The molecule has 5 nitrogen and oxygen atoms in total. The maximum absolute atomic E-state index is 14.1. The topological polar surface area (TPSA) is 75.1 Å². The van der Waals surface area contributed by atoms with Gasteiger partial charge in [0, 0.05) is 33.8 Å². The highest BCUT2D eigenvalue weighted by Crippen LogP contribution is 2.29. The van der Waals surface area contributed by atoms with Crippen LogP contribution >= 0.6 is 15.9 Å². The van der Waals surface area contributed by atoms with E-state index in [0.717, 1.165) is 17.5 Å². The van der Waals surface area contributed by atoms with Crippen molar-refractivity contribution in [2.45, 2.75) is 32.3 Å². The lowest BCUT2D eigenvalue weighted by Gasteiger charge is -2.16. The zero-order chi connectivity index (χ0) is 26.4. The first-order valence-corrected chi connectivity index (χ1v) is 12.8. The van der Waals surface area contributed by atoms with Gasteiger partial charge in [-0.2, -0.15) is 0 Å². The van der Waals surface area contributed by atoms with Gasteiger partial charge in [0.25, 0.3) is 0 Å². The van der Waals surface area contributed by atoms with Crippen molar-refractivity contribution in [3.8, 4) is 11.3 Å². The van der Waals surface area contributed by atoms with Gasteiger partial charge in [0.2, 0.25) is 0 Å². The van der Waals surface area contributed by atoms with Crippen molar-refractivity contribution in [1.29, 1.82) is 0 Å². The molecule has 1 atom stereocenters. The average molecular weight is 566 g/mol. The number of aromatic nitrogens is 2. The van der Waals surface area contributed by atoms with E-state index in [9.17, 15) is 18.7 Å². The Morgan fingerprint density at radius 3 is 2.43 bits per heavy atom. The summed E-state index contributed by atoms with van der Waals surface area (Å²) >= 11 is 3.08. The number of hydrogen-bond acceptors (Lipinski definition) is 5. The SMILES string of the molecule is CCCc1cc(-c2cc(NCCc3c(F)cc(Br)cc3F)ncn2)ccc1C(O)C(=O)c1ccccc1. The molecule has 0 fully saturated rings. The summed E-state index contributed by atoms with van der Waals surface area (Å²) in [6.45, 7) is 2.31. The molecular weight excluding hydrogens is 540 g/mol. The van der Waals surface area contributed by atoms with Crippen LogP contribution in [0.25, 0.3) is 11.3 Å². The van der Waals surface area contributed by atoms with E-state index < -0.39 is 17.7 Å². The van der Waals surface area contributed by atoms with Crippen LogP contribution in [-0.4, -0.2) is 27.4 Å². The molecule has 8 heteroatoms. The van der Waals surface area contributed by atoms with Gasteiger partial charge >= 0.3 is 0 Å². The van der Waals surface area contributed by atoms with Crippen molar-refractivity contribution in [3.05, 3.63) is 111 Å². The Labute approximate surface area is 222 Å². The number of aliphatic hydroxyl groups excluding tert-OH is 1. The lowest BCUT2D eigenvalue weighted by molar-refractivity contribution is 0.0746. The molecule has 190 valence electrons. The summed E-state index contributed by atoms with van der Waals surface area (Å²) in [5, 5.41) is 14.0. The van der Waals surface area contributed by atoms with E-state index in [4.69, 9.17) is 0 Å². The van der Waals surface area contributed by atoms with Gasteiger partial charge in [-0.25, -0.2) is 18.7 Å². The molecule has 0 bridgehead atoms. The quantitative estimate of drug-likeness (QED) is 0.209. The molecule has 1 aromatic heterocycles. The third kappa shape index (κ3) is 6.45. The van der Waals surface area contributed by atoms with Gasteiger partial charge < -0.3 is 10.4 Å². The molecule has 0 amide bonds. The fourth-order valence-electron chi connectivity index (χ4n) is 4.16. The maximum atomic E-state index is 14.1. The van der Waals surface area contributed by atoms with Crippen LogP contribution in [0.15, 0.2) is 77.5 Å². The molecule has 4 aromatic rings. The number of anilines is 1. The highest BCUT2D eigenvalue weighted by molar-refractivity contribution is 9.10. The Kier molecular flexibility index (Phi) is 8.74. The minimum Gasteiger partial charge on any atom is -0.380 e. The van der Waals surface area contributed by atoms with Crippen LogP contribution in [0.4, 0.5) is 14.6 Å². The molecular formula is C29H26BrF2N3O2. The zero-order valence-corrected chi connectivity index (χ0v) is 21.8. The molecule has 3 aromatic carbocycles. The summed E-state index contributed by atoms with van der Waals surface area (Å²) in [5.41, 5.74) is 3.36. The number of ketones is 1. The molecule has 0 radical (unpaired) electrons. The number of carbonyl (C=O) groups is 1. The second-order valence-electron chi connectivity index (χ2n) is 8.61. The molecule has 1 heterocycles. The molecule has 0 spiro atoms. The predicted molar refractivity (Wildman–Crippen MR) is 143 cm³/mol. The smallest absolute Gasteiger partial charge is 0.195 e. The van der Waals surface area contributed by atoms with Gasteiger partial charge in [-0.15, -0.1) is 0 Å². The van der Waals surface area contributed by atoms with Gasteiger partial charge in [-0.05, 0) is 42.2 Å². The third-order valence-corrected chi connectivity index (χ3v) is 6.47. The maximum Gasteiger partial charge on any atom is 0.195 e. The molecule has 0 aliphatic heterocycles. The van der Waals surface area contributed by atoms with Crippen LogP contribution in [0.3, 0.4) is 0 Å². The van der Waals surface area contributed by atoms with E-state index in [1.165, 1.54) is 18.5 Å². The fraction of sp³-hybridized carbons (Fsp3) is 0.207. The van der Waals surface area contributed by atoms with Gasteiger partial charge in [-0.3, -0.25) is 4.79 Å². The predicted octanol–water partition coefficient (Wildman–Crippen LogP) is 6.71. The summed E-state index contributed by atoms with van der Waals surface area (Å²) in [6, 6.07) is 18.5. The van der Waals surface area contributed by atoms with Crippen LogP contribution in [0, 0.1) is 11.6 Å². The number of Topliss-reactive ketones (excluding diaryl/α,β-unsaturated/α-hetero) is 1. The van der Waals surface area contributed by atoms with Crippen molar-refractivity contribution in [2.24, 2.45) is 0 Å². The summed E-state index contributed by atoms with van der Waals surface area (Å²) in [6.07, 6.45) is 1.82. The normalized spacial score (nSPS) is 11.8. The number of carbonyl (C=O) groups excluding carboxylic acids is 1. The molecule has 37 heavy (non-hydrogen) atoms. The number of rotatable bonds is 10. The van der Waals surface area contributed by atoms with Crippen molar-refractivity contribution >= 4 is 27.5 Å². The largest absolute Gasteiger partial charge is 0.380 e. The lowest BCUT2D eigenvalue weighted by Crippen LogP contribution is -2.14. The Morgan fingerprint density at radius 1 is 1.00 bits per heavy atom. The average Bonchev–Trinajstić information content (AvgIpc) is 2.90. The molecule has 2 N–H and O–H groups in total. The van der Waals surface area contributed by atoms with E-state index in [2.05, 4.69) is 31.2 Å². The van der Waals surface area contributed by atoms with Crippen LogP contribution in [0.1, 0.15) is 46.5 Å². The first-order chi connectivity index (χ1) is 17.9. The van der Waals surface area contributed by atoms with Crippen molar-refractivity contribution in [3.63, 3.8) is 0 Å². The molecule has 4 rings (SSSR count). The van der Waals surface area contributed by atoms with Gasteiger partial charge in [0.15, 0.2) is 5.78 Å². The number of aliphatic hydroxyl groups is 1. The van der Waals surface area contributed by atoms with Gasteiger partial charge in [-0.1, -0.05) is 71.7 Å². The standard InChI is InChI=1S/C29H26BrF2N3O2/c1-2-6-19-13-20(9-10-22(19)29(37)28(36)18-7-4-3-5-8-18)26-16-27(35-17-34-26)33-12-11-23-24(31)14-21(30)15-25(23)32/h3-5,7-10,13-17,29,37H,2,6,11-12H2,1H3,(H,33,34,35). The van der Waals surface area contributed by atoms with Crippen molar-refractivity contribution < 1.29 is 18.7 Å². The van der Waals surface area contributed by atoms with Gasteiger partial charge in [0.1, 0.15) is 29.9 Å². The highest BCUT2D eigenvalue weighted by Gasteiger charge is 2.22. The van der Waals surface area contributed by atoms with E-state index >= 15 is 0 Å². The summed E-state index contributed by atoms with van der Waals surface area (Å²) in [7, 11) is 0. The van der Waals surface area contributed by atoms with E-state index in [1.807, 2.05) is 25.1 Å². The lowest BCUT2D eigenvalue weighted by atomic mass is 9.92. The Bertz CT molecular complexity index is 1380. The number of hydrogen-bond donors (Lipinski definition) is 2. The van der Waals surface area contributed by atoms with E-state index in [-0.39, 0.29) is 24.3 Å².